The number of aryl methyl sites for hydroxylation is 1. The summed E-state index contributed by atoms with van der Waals surface area (Å²) in [5.41, 5.74) is 1.32. The van der Waals surface area contributed by atoms with E-state index in [2.05, 4.69) is 39.9 Å². The SMILES string of the molecule is CCCc1nc(CSC(C)C)sc1CNC(C)CC. The van der Waals surface area contributed by atoms with Crippen molar-refractivity contribution < 1.29 is 0 Å². The molecule has 0 saturated heterocycles. The predicted octanol–water partition coefficient (Wildman–Crippen LogP) is 4.63. The minimum atomic E-state index is 0.588. The summed E-state index contributed by atoms with van der Waals surface area (Å²) in [6, 6.07) is 0.588. The van der Waals surface area contributed by atoms with Gasteiger partial charge in [-0.2, -0.15) is 11.8 Å². The molecule has 0 amide bonds. The molecule has 0 aromatic carbocycles. The van der Waals surface area contributed by atoms with Crippen LogP contribution in [0.1, 0.15) is 63.0 Å². The van der Waals surface area contributed by atoms with E-state index >= 15 is 0 Å². The average molecular weight is 301 g/mol. The molecule has 0 bridgehead atoms. The number of nitrogens with zero attached hydrogens (tertiary/aromatic N) is 1. The van der Waals surface area contributed by atoms with Crippen molar-refractivity contribution in [1.29, 1.82) is 0 Å². The number of thiazole rings is 1. The summed E-state index contributed by atoms with van der Waals surface area (Å²) in [6.07, 6.45) is 3.47. The lowest BCUT2D eigenvalue weighted by Crippen LogP contribution is -2.24. The van der Waals surface area contributed by atoms with Crippen molar-refractivity contribution in [3.05, 3.63) is 15.6 Å². The molecule has 1 atom stereocenters. The smallest absolute Gasteiger partial charge is 0.103 e. The van der Waals surface area contributed by atoms with E-state index in [9.17, 15) is 0 Å². The lowest BCUT2D eigenvalue weighted by Gasteiger charge is -2.10. The molecule has 0 aliphatic rings. The van der Waals surface area contributed by atoms with E-state index in [1.54, 1.807) is 0 Å². The van der Waals surface area contributed by atoms with E-state index in [1.165, 1.54) is 28.4 Å². The normalized spacial score (nSPS) is 13.2. The Labute approximate surface area is 126 Å². The number of thioether (sulfide) groups is 1. The molecule has 0 aliphatic heterocycles. The van der Waals surface area contributed by atoms with Crippen LogP contribution in [0.5, 0.6) is 0 Å². The Bertz CT molecular complexity index is 361. The summed E-state index contributed by atoms with van der Waals surface area (Å²) >= 11 is 3.88. The summed E-state index contributed by atoms with van der Waals surface area (Å²) in [6.45, 7) is 12.2. The van der Waals surface area contributed by atoms with Gasteiger partial charge in [-0.25, -0.2) is 4.98 Å². The molecule has 1 aromatic heterocycles. The maximum atomic E-state index is 4.83. The zero-order valence-corrected chi connectivity index (χ0v) is 14.6. The zero-order valence-electron chi connectivity index (χ0n) is 13.0. The molecule has 2 nitrogen and oxygen atoms in total. The average Bonchev–Trinajstić information content (AvgIpc) is 2.76. The zero-order chi connectivity index (χ0) is 14.3. The third-order valence-electron chi connectivity index (χ3n) is 3.07. The van der Waals surface area contributed by atoms with Crippen molar-refractivity contribution >= 4 is 23.1 Å². The van der Waals surface area contributed by atoms with Gasteiger partial charge in [0, 0.05) is 23.2 Å². The maximum absolute atomic E-state index is 4.83. The van der Waals surface area contributed by atoms with Crippen LogP contribution >= 0.6 is 23.1 Å². The monoisotopic (exact) mass is 300 g/mol. The van der Waals surface area contributed by atoms with Crippen LogP contribution in [0.2, 0.25) is 0 Å². The van der Waals surface area contributed by atoms with Crippen molar-refractivity contribution in [2.24, 2.45) is 0 Å². The first-order chi connectivity index (χ1) is 9.06. The van der Waals surface area contributed by atoms with Crippen molar-refractivity contribution in [3.63, 3.8) is 0 Å². The highest BCUT2D eigenvalue weighted by Crippen LogP contribution is 2.25. The molecule has 0 aliphatic carbocycles. The molecule has 4 heteroatoms. The minimum absolute atomic E-state index is 0.588. The topological polar surface area (TPSA) is 24.9 Å². The van der Waals surface area contributed by atoms with E-state index in [0.717, 1.165) is 18.7 Å². The third-order valence-corrected chi connectivity index (χ3v) is 5.46. The largest absolute Gasteiger partial charge is 0.309 e. The molecule has 1 unspecified atom stereocenters. The van der Waals surface area contributed by atoms with Crippen LogP contribution in [0.3, 0.4) is 0 Å². The Balaban J connectivity index is 2.65. The highest BCUT2D eigenvalue weighted by Gasteiger charge is 2.11. The molecule has 19 heavy (non-hydrogen) atoms. The van der Waals surface area contributed by atoms with Gasteiger partial charge in [0.2, 0.25) is 0 Å². The van der Waals surface area contributed by atoms with Crippen LogP contribution in [0.25, 0.3) is 0 Å². The Morgan fingerprint density at radius 2 is 2.00 bits per heavy atom. The Kier molecular flexibility index (Phi) is 8.03. The van der Waals surface area contributed by atoms with Gasteiger partial charge in [-0.1, -0.05) is 34.1 Å². The summed E-state index contributed by atoms with van der Waals surface area (Å²) in [7, 11) is 0. The molecule has 0 saturated carbocycles. The highest BCUT2D eigenvalue weighted by molar-refractivity contribution is 7.99. The molecule has 1 rings (SSSR count). The van der Waals surface area contributed by atoms with E-state index < -0.39 is 0 Å². The van der Waals surface area contributed by atoms with E-state index in [0.29, 0.717) is 11.3 Å². The quantitative estimate of drug-likeness (QED) is 0.720. The van der Waals surface area contributed by atoms with E-state index in [4.69, 9.17) is 4.98 Å². The molecule has 0 spiro atoms. The van der Waals surface area contributed by atoms with Gasteiger partial charge in [-0.15, -0.1) is 11.3 Å². The first-order valence-corrected chi connectivity index (χ1v) is 9.25. The fourth-order valence-corrected chi connectivity index (χ4v) is 3.56. The molecule has 0 fully saturated rings. The lowest BCUT2D eigenvalue weighted by molar-refractivity contribution is 0.535. The van der Waals surface area contributed by atoms with Crippen LogP contribution in [0.15, 0.2) is 0 Å². The van der Waals surface area contributed by atoms with Crippen LogP contribution in [0, 0.1) is 0 Å². The van der Waals surface area contributed by atoms with Crippen LogP contribution in [-0.2, 0) is 18.7 Å². The first kappa shape index (κ1) is 17.0. The Morgan fingerprint density at radius 3 is 2.58 bits per heavy atom. The standard InChI is InChI=1S/C15H28N2S2/c1-6-8-13-14(9-16-12(5)7-2)19-15(17-13)10-18-11(3)4/h11-12,16H,6-10H2,1-5H3. The second kappa shape index (κ2) is 8.98. The number of rotatable bonds is 9. The van der Waals surface area contributed by atoms with Gasteiger partial charge in [0.1, 0.15) is 5.01 Å². The van der Waals surface area contributed by atoms with Gasteiger partial charge in [0.05, 0.1) is 5.69 Å². The molecule has 1 aromatic rings. The Morgan fingerprint density at radius 1 is 1.26 bits per heavy atom. The van der Waals surface area contributed by atoms with Crippen molar-refractivity contribution in [3.8, 4) is 0 Å². The number of hydrogen-bond donors (Lipinski definition) is 1. The lowest BCUT2D eigenvalue weighted by atomic mass is 10.2. The van der Waals surface area contributed by atoms with Crippen LogP contribution in [0.4, 0.5) is 0 Å². The van der Waals surface area contributed by atoms with Gasteiger partial charge >= 0.3 is 0 Å². The number of aromatic nitrogens is 1. The van der Waals surface area contributed by atoms with Crippen molar-refractivity contribution in [1.82, 2.24) is 10.3 Å². The maximum Gasteiger partial charge on any atom is 0.103 e. The summed E-state index contributed by atoms with van der Waals surface area (Å²) < 4.78 is 0. The second-order valence-electron chi connectivity index (χ2n) is 5.28. The third kappa shape index (κ3) is 6.28. The van der Waals surface area contributed by atoms with Gasteiger partial charge < -0.3 is 5.32 Å². The molecular weight excluding hydrogens is 272 g/mol. The van der Waals surface area contributed by atoms with Gasteiger partial charge in [-0.3, -0.25) is 0 Å². The van der Waals surface area contributed by atoms with Gasteiger partial charge in [0.25, 0.3) is 0 Å². The summed E-state index contributed by atoms with van der Waals surface area (Å²) in [5.74, 6) is 1.06. The summed E-state index contributed by atoms with van der Waals surface area (Å²) in [4.78, 5) is 6.28. The first-order valence-electron chi connectivity index (χ1n) is 7.39. The van der Waals surface area contributed by atoms with Crippen LogP contribution in [-0.4, -0.2) is 16.3 Å². The minimum Gasteiger partial charge on any atom is -0.309 e. The molecule has 1 heterocycles. The molecular formula is C15H28N2S2. The fraction of sp³-hybridized carbons (Fsp3) is 0.800. The number of nitrogens with one attached hydrogen (secondary N) is 1. The van der Waals surface area contributed by atoms with E-state index in [-0.39, 0.29) is 0 Å². The molecule has 1 N–H and O–H groups in total. The highest BCUT2D eigenvalue weighted by atomic mass is 32.2. The predicted molar refractivity (Wildman–Crippen MR) is 89.1 cm³/mol. The van der Waals surface area contributed by atoms with Crippen molar-refractivity contribution in [2.45, 2.75) is 77.5 Å². The summed E-state index contributed by atoms with van der Waals surface area (Å²) in [5, 5.41) is 5.56. The molecule has 110 valence electrons. The fourth-order valence-electron chi connectivity index (χ4n) is 1.72. The van der Waals surface area contributed by atoms with Gasteiger partial charge in [0.15, 0.2) is 0 Å². The van der Waals surface area contributed by atoms with E-state index in [1.807, 2.05) is 23.1 Å². The number of hydrogen-bond acceptors (Lipinski definition) is 4. The molecule has 0 radical (unpaired) electrons. The van der Waals surface area contributed by atoms with Gasteiger partial charge in [-0.05, 0) is 25.0 Å². The second-order valence-corrected chi connectivity index (χ2v) is 8.01. The Hall–Kier alpha value is -0.0600. The van der Waals surface area contributed by atoms with Crippen molar-refractivity contribution in [2.75, 3.05) is 0 Å². The van der Waals surface area contributed by atoms with Crippen LogP contribution < -0.4 is 5.32 Å².